The van der Waals surface area contributed by atoms with Crippen LogP contribution in [0.1, 0.15) is 17.0 Å². The molecule has 0 radical (unpaired) electrons. The first-order chi connectivity index (χ1) is 9.11. The van der Waals surface area contributed by atoms with Gasteiger partial charge in [0.2, 0.25) is 0 Å². The molecule has 2 aromatic rings. The van der Waals surface area contributed by atoms with E-state index in [1.54, 1.807) is 6.07 Å². The summed E-state index contributed by atoms with van der Waals surface area (Å²) in [6, 6.07) is 10.8. The summed E-state index contributed by atoms with van der Waals surface area (Å²) in [5.74, 6) is -0.252. The highest BCUT2D eigenvalue weighted by molar-refractivity contribution is 5.54. The lowest BCUT2D eigenvalue weighted by Crippen LogP contribution is -2.21. The minimum atomic E-state index is -0.252. The molecule has 0 unspecified atom stereocenters. The van der Waals surface area contributed by atoms with Crippen LogP contribution < -0.4 is 10.6 Å². The lowest BCUT2D eigenvalue weighted by molar-refractivity contribution is 0.619. The number of pyridine rings is 1. The maximum absolute atomic E-state index is 14.0. The zero-order valence-corrected chi connectivity index (χ0v) is 11.2. The zero-order valence-electron chi connectivity index (χ0n) is 11.2. The summed E-state index contributed by atoms with van der Waals surface area (Å²) in [5, 5.41) is 0. The molecule has 4 heteroatoms. The van der Waals surface area contributed by atoms with Crippen LogP contribution in [-0.4, -0.2) is 12.0 Å². The van der Waals surface area contributed by atoms with Crippen molar-refractivity contribution in [3.8, 4) is 0 Å². The number of nitrogens with two attached hydrogens (primary N) is 1. The molecule has 19 heavy (non-hydrogen) atoms. The first kappa shape index (κ1) is 13.5. The van der Waals surface area contributed by atoms with Crippen LogP contribution in [0.5, 0.6) is 0 Å². The molecule has 2 rings (SSSR count). The molecule has 2 N–H and O–H groups in total. The van der Waals surface area contributed by atoms with Gasteiger partial charge in [-0.05, 0) is 30.7 Å². The van der Waals surface area contributed by atoms with E-state index < -0.39 is 0 Å². The van der Waals surface area contributed by atoms with Crippen LogP contribution in [0, 0.1) is 12.7 Å². The Hall–Kier alpha value is -1.94. The second kappa shape index (κ2) is 5.80. The first-order valence-electron chi connectivity index (χ1n) is 6.23. The molecule has 0 atom stereocenters. The Balaban J connectivity index is 2.27. The summed E-state index contributed by atoms with van der Waals surface area (Å²) < 4.78 is 14.0. The van der Waals surface area contributed by atoms with Gasteiger partial charge in [0.25, 0.3) is 0 Å². The molecule has 3 nitrogen and oxygen atoms in total. The lowest BCUT2D eigenvalue weighted by atomic mass is 10.1. The molecule has 1 aromatic heterocycles. The van der Waals surface area contributed by atoms with E-state index in [2.05, 4.69) is 4.98 Å². The normalized spacial score (nSPS) is 10.5. The Morgan fingerprint density at radius 2 is 1.95 bits per heavy atom. The van der Waals surface area contributed by atoms with Gasteiger partial charge >= 0.3 is 0 Å². The fourth-order valence-electron chi connectivity index (χ4n) is 2.16. The van der Waals surface area contributed by atoms with E-state index in [0.717, 1.165) is 17.0 Å². The van der Waals surface area contributed by atoms with Crippen LogP contribution >= 0.6 is 0 Å². The van der Waals surface area contributed by atoms with E-state index in [9.17, 15) is 4.39 Å². The van der Waals surface area contributed by atoms with Gasteiger partial charge in [0.05, 0.1) is 17.9 Å². The van der Waals surface area contributed by atoms with Crippen LogP contribution in [0.25, 0.3) is 0 Å². The number of nitrogens with zero attached hydrogens (tertiary/aromatic N) is 2. The third kappa shape index (κ3) is 3.09. The van der Waals surface area contributed by atoms with Gasteiger partial charge in [-0.2, -0.15) is 0 Å². The summed E-state index contributed by atoms with van der Waals surface area (Å²) >= 11 is 0. The summed E-state index contributed by atoms with van der Waals surface area (Å²) in [4.78, 5) is 6.27. The molecule has 0 aliphatic carbocycles. The summed E-state index contributed by atoms with van der Waals surface area (Å²) in [6.45, 7) is 2.81. The van der Waals surface area contributed by atoms with Crippen molar-refractivity contribution in [3.05, 3.63) is 59.2 Å². The number of benzene rings is 1. The summed E-state index contributed by atoms with van der Waals surface area (Å²) in [6.07, 6.45) is 0. The standard InChI is InChI=1S/C15H18FN3/c1-11-5-3-7-13(18-11)10-19(2)15-12(9-17)6-4-8-14(15)16/h3-8H,9-10,17H2,1-2H3. The molecular formula is C15H18FN3. The number of aryl methyl sites for hydroxylation is 1. The Kier molecular flexibility index (Phi) is 4.12. The Morgan fingerprint density at radius 3 is 2.63 bits per heavy atom. The van der Waals surface area contributed by atoms with Crippen LogP contribution in [0.4, 0.5) is 10.1 Å². The molecule has 0 amide bonds. The van der Waals surface area contributed by atoms with E-state index in [4.69, 9.17) is 5.73 Å². The molecule has 0 bridgehead atoms. The topological polar surface area (TPSA) is 42.1 Å². The number of hydrogen-bond acceptors (Lipinski definition) is 3. The second-order valence-electron chi connectivity index (χ2n) is 4.58. The zero-order chi connectivity index (χ0) is 13.8. The number of anilines is 1. The fraction of sp³-hybridized carbons (Fsp3) is 0.267. The van der Waals surface area contributed by atoms with Gasteiger partial charge in [0, 0.05) is 19.3 Å². The number of aromatic nitrogens is 1. The average molecular weight is 259 g/mol. The molecule has 100 valence electrons. The van der Waals surface area contributed by atoms with Crippen molar-refractivity contribution in [2.24, 2.45) is 5.73 Å². The van der Waals surface area contributed by atoms with Crippen molar-refractivity contribution in [2.75, 3.05) is 11.9 Å². The highest BCUT2D eigenvalue weighted by Crippen LogP contribution is 2.24. The maximum Gasteiger partial charge on any atom is 0.146 e. The predicted octanol–water partition coefficient (Wildman–Crippen LogP) is 2.62. The number of hydrogen-bond donors (Lipinski definition) is 1. The maximum atomic E-state index is 14.0. The molecule has 1 aromatic carbocycles. The van der Waals surface area contributed by atoms with Crippen LogP contribution in [-0.2, 0) is 13.1 Å². The van der Waals surface area contributed by atoms with Gasteiger partial charge in [-0.3, -0.25) is 4.98 Å². The number of halogens is 1. The molecule has 1 heterocycles. The molecule has 0 saturated heterocycles. The van der Waals surface area contributed by atoms with E-state index in [0.29, 0.717) is 18.8 Å². The van der Waals surface area contributed by atoms with E-state index in [1.807, 2.05) is 43.1 Å². The van der Waals surface area contributed by atoms with Crippen molar-refractivity contribution in [2.45, 2.75) is 20.0 Å². The molecule has 0 fully saturated rings. The fourth-order valence-corrected chi connectivity index (χ4v) is 2.16. The Bertz CT molecular complexity index is 569. The van der Waals surface area contributed by atoms with Crippen LogP contribution in [0.15, 0.2) is 36.4 Å². The van der Waals surface area contributed by atoms with E-state index >= 15 is 0 Å². The van der Waals surface area contributed by atoms with Crippen molar-refractivity contribution in [1.82, 2.24) is 4.98 Å². The van der Waals surface area contributed by atoms with Crippen molar-refractivity contribution in [3.63, 3.8) is 0 Å². The van der Waals surface area contributed by atoms with Crippen molar-refractivity contribution < 1.29 is 4.39 Å². The SMILES string of the molecule is Cc1cccc(CN(C)c2c(F)cccc2CN)n1. The molecular weight excluding hydrogens is 241 g/mol. The van der Waals surface area contributed by atoms with Gasteiger partial charge in [-0.15, -0.1) is 0 Å². The Labute approximate surface area is 112 Å². The monoisotopic (exact) mass is 259 g/mol. The number of para-hydroxylation sites is 1. The molecule has 0 saturated carbocycles. The van der Waals surface area contributed by atoms with E-state index in [-0.39, 0.29) is 5.82 Å². The summed E-state index contributed by atoms with van der Waals surface area (Å²) in [5.41, 5.74) is 8.88. The molecule has 0 spiro atoms. The largest absolute Gasteiger partial charge is 0.366 e. The lowest BCUT2D eigenvalue weighted by Gasteiger charge is -2.22. The van der Waals surface area contributed by atoms with Gasteiger partial charge in [0.15, 0.2) is 0 Å². The molecule has 0 aliphatic rings. The highest BCUT2D eigenvalue weighted by atomic mass is 19.1. The summed E-state index contributed by atoms with van der Waals surface area (Å²) in [7, 11) is 1.85. The van der Waals surface area contributed by atoms with Crippen molar-refractivity contribution in [1.29, 1.82) is 0 Å². The minimum Gasteiger partial charge on any atom is -0.366 e. The quantitative estimate of drug-likeness (QED) is 0.917. The van der Waals surface area contributed by atoms with E-state index in [1.165, 1.54) is 6.07 Å². The van der Waals surface area contributed by atoms with Gasteiger partial charge in [0.1, 0.15) is 5.82 Å². The van der Waals surface area contributed by atoms with Gasteiger partial charge in [-0.1, -0.05) is 18.2 Å². The highest BCUT2D eigenvalue weighted by Gasteiger charge is 2.12. The smallest absolute Gasteiger partial charge is 0.146 e. The Morgan fingerprint density at radius 1 is 1.21 bits per heavy atom. The third-order valence-corrected chi connectivity index (χ3v) is 3.02. The third-order valence-electron chi connectivity index (χ3n) is 3.02. The van der Waals surface area contributed by atoms with Crippen LogP contribution in [0.2, 0.25) is 0 Å². The first-order valence-corrected chi connectivity index (χ1v) is 6.23. The second-order valence-corrected chi connectivity index (χ2v) is 4.58. The minimum absolute atomic E-state index is 0.252. The predicted molar refractivity (Wildman–Crippen MR) is 75.4 cm³/mol. The van der Waals surface area contributed by atoms with Gasteiger partial charge < -0.3 is 10.6 Å². The number of rotatable bonds is 4. The average Bonchev–Trinajstić information content (AvgIpc) is 2.38. The van der Waals surface area contributed by atoms with Gasteiger partial charge in [-0.25, -0.2) is 4.39 Å². The molecule has 0 aliphatic heterocycles. The van der Waals surface area contributed by atoms with Crippen molar-refractivity contribution >= 4 is 5.69 Å². The van der Waals surface area contributed by atoms with Crippen LogP contribution in [0.3, 0.4) is 0 Å².